The second-order valence-corrected chi connectivity index (χ2v) is 7.17. The molecule has 1 saturated carbocycles. The standard InChI is InChI=1S/C15H15Cl2FN2S/c16-10-7-11(17)12(18)6-9(10)13-8-21-14(20-13)15(19)4-2-1-3-5-15/h6-8H,1-5,19H2. The number of thiazole rings is 1. The van der Waals surface area contributed by atoms with E-state index in [9.17, 15) is 4.39 Å². The van der Waals surface area contributed by atoms with Gasteiger partial charge < -0.3 is 5.73 Å². The lowest BCUT2D eigenvalue weighted by molar-refractivity contribution is 0.301. The predicted molar refractivity (Wildman–Crippen MR) is 86.5 cm³/mol. The van der Waals surface area contributed by atoms with Gasteiger partial charge in [-0.05, 0) is 25.0 Å². The first-order chi connectivity index (χ1) is 9.99. The molecule has 0 saturated heterocycles. The van der Waals surface area contributed by atoms with Gasteiger partial charge in [-0.15, -0.1) is 11.3 Å². The van der Waals surface area contributed by atoms with Gasteiger partial charge in [0.1, 0.15) is 10.8 Å². The topological polar surface area (TPSA) is 38.9 Å². The van der Waals surface area contributed by atoms with E-state index in [-0.39, 0.29) is 10.6 Å². The first-order valence-electron chi connectivity index (χ1n) is 6.89. The molecule has 1 aliphatic carbocycles. The Bertz CT molecular complexity index is 666. The van der Waals surface area contributed by atoms with Crippen LogP contribution in [0.2, 0.25) is 10.0 Å². The molecule has 1 heterocycles. The Morgan fingerprint density at radius 3 is 2.57 bits per heavy atom. The molecular weight excluding hydrogens is 330 g/mol. The van der Waals surface area contributed by atoms with Crippen LogP contribution >= 0.6 is 34.5 Å². The van der Waals surface area contributed by atoms with Gasteiger partial charge in [-0.25, -0.2) is 9.37 Å². The second-order valence-electron chi connectivity index (χ2n) is 5.50. The Morgan fingerprint density at radius 2 is 1.86 bits per heavy atom. The van der Waals surface area contributed by atoms with Crippen LogP contribution in [0.3, 0.4) is 0 Å². The summed E-state index contributed by atoms with van der Waals surface area (Å²) in [7, 11) is 0. The van der Waals surface area contributed by atoms with Crippen LogP contribution in [0.4, 0.5) is 4.39 Å². The third-order valence-corrected chi connectivity index (χ3v) is 5.63. The van der Waals surface area contributed by atoms with Crippen LogP contribution in [0.15, 0.2) is 17.5 Å². The fourth-order valence-corrected chi connectivity index (χ4v) is 4.21. The first-order valence-corrected chi connectivity index (χ1v) is 8.53. The summed E-state index contributed by atoms with van der Waals surface area (Å²) in [5, 5.41) is 3.20. The van der Waals surface area contributed by atoms with Gasteiger partial charge in [-0.1, -0.05) is 42.5 Å². The number of aromatic nitrogens is 1. The van der Waals surface area contributed by atoms with E-state index in [0.29, 0.717) is 16.3 Å². The highest BCUT2D eigenvalue weighted by molar-refractivity contribution is 7.10. The highest BCUT2D eigenvalue weighted by Gasteiger charge is 2.32. The second kappa shape index (κ2) is 5.84. The molecule has 2 N–H and O–H groups in total. The summed E-state index contributed by atoms with van der Waals surface area (Å²) in [5.41, 5.74) is 7.35. The van der Waals surface area contributed by atoms with Crippen LogP contribution in [-0.4, -0.2) is 4.98 Å². The summed E-state index contributed by atoms with van der Waals surface area (Å²) < 4.78 is 13.6. The zero-order chi connectivity index (χ0) is 15.0. The minimum absolute atomic E-state index is 0.0155. The maximum Gasteiger partial charge on any atom is 0.142 e. The number of halogens is 3. The van der Waals surface area contributed by atoms with E-state index in [1.165, 1.54) is 29.9 Å². The molecule has 0 atom stereocenters. The van der Waals surface area contributed by atoms with Crippen molar-refractivity contribution in [3.8, 4) is 11.3 Å². The molecule has 0 amide bonds. The molecule has 112 valence electrons. The van der Waals surface area contributed by atoms with Crippen molar-refractivity contribution < 1.29 is 4.39 Å². The summed E-state index contributed by atoms with van der Waals surface area (Å²) >= 11 is 13.4. The maximum absolute atomic E-state index is 13.6. The predicted octanol–water partition coefficient (Wildman–Crippen LogP) is 5.37. The molecule has 6 heteroatoms. The minimum Gasteiger partial charge on any atom is -0.319 e. The average Bonchev–Trinajstić information content (AvgIpc) is 2.94. The molecule has 2 aromatic rings. The lowest BCUT2D eigenvalue weighted by atomic mass is 9.83. The number of hydrogen-bond acceptors (Lipinski definition) is 3. The van der Waals surface area contributed by atoms with Gasteiger partial charge in [0.15, 0.2) is 0 Å². The Kier molecular flexibility index (Phi) is 4.23. The van der Waals surface area contributed by atoms with Gasteiger partial charge >= 0.3 is 0 Å². The smallest absolute Gasteiger partial charge is 0.142 e. The van der Waals surface area contributed by atoms with E-state index in [4.69, 9.17) is 28.9 Å². The van der Waals surface area contributed by atoms with Crippen LogP contribution < -0.4 is 5.73 Å². The number of benzene rings is 1. The fourth-order valence-electron chi connectivity index (χ4n) is 2.74. The molecule has 3 rings (SSSR count). The van der Waals surface area contributed by atoms with Crippen molar-refractivity contribution in [1.82, 2.24) is 4.98 Å². The zero-order valence-corrected chi connectivity index (χ0v) is 13.7. The number of hydrogen-bond donors (Lipinski definition) is 1. The third-order valence-electron chi connectivity index (χ3n) is 3.96. The fraction of sp³-hybridized carbons (Fsp3) is 0.400. The van der Waals surface area contributed by atoms with E-state index in [0.717, 1.165) is 30.7 Å². The number of nitrogens with zero attached hydrogens (tertiary/aromatic N) is 1. The minimum atomic E-state index is -0.495. The number of rotatable bonds is 2. The molecule has 1 aromatic heterocycles. The lowest BCUT2D eigenvalue weighted by Gasteiger charge is -2.31. The van der Waals surface area contributed by atoms with Crippen molar-refractivity contribution in [1.29, 1.82) is 0 Å². The summed E-state index contributed by atoms with van der Waals surface area (Å²) in [6.07, 6.45) is 5.38. The van der Waals surface area contributed by atoms with Crippen molar-refractivity contribution in [3.05, 3.63) is 38.4 Å². The Balaban J connectivity index is 1.97. The van der Waals surface area contributed by atoms with Gasteiger partial charge in [0.25, 0.3) is 0 Å². The molecule has 1 fully saturated rings. The zero-order valence-electron chi connectivity index (χ0n) is 11.3. The molecular formula is C15H15Cl2FN2S. The summed E-state index contributed by atoms with van der Waals surface area (Å²) in [6, 6.07) is 2.74. The Morgan fingerprint density at radius 1 is 1.14 bits per heavy atom. The van der Waals surface area contributed by atoms with Crippen LogP contribution in [-0.2, 0) is 5.54 Å². The third kappa shape index (κ3) is 2.95. The van der Waals surface area contributed by atoms with E-state index in [1.807, 2.05) is 5.38 Å². The monoisotopic (exact) mass is 344 g/mol. The highest BCUT2D eigenvalue weighted by atomic mass is 35.5. The van der Waals surface area contributed by atoms with E-state index in [1.54, 1.807) is 0 Å². The molecule has 21 heavy (non-hydrogen) atoms. The van der Waals surface area contributed by atoms with Crippen LogP contribution in [0.5, 0.6) is 0 Å². The average molecular weight is 345 g/mol. The Labute approximate surface area is 137 Å². The molecule has 1 aromatic carbocycles. The molecule has 0 unspecified atom stereocenters. The van der Waals surface area contributed by atoms with Crippen molar-refractivity contribution in [2.75, 3.05) is 0 Å². The van der Waals surface area contributed by atoms with E-state index < -0.39 is 5.82 Å². The highest BCUT2D eigenvalue weighted by Crippen LogP contribution is 2.39. The lowest BCUT2D eigenvalue weighted by Crippen LogP contribution is -2.38. The largest absolute Gasteiger partial charge is 0.319 e. The summed E-state index contributed by atoms with van der Waals surface area (Å²) in [4.78, 5) is 4.61. The van der Waals surface area contributed by atoms with Gasteiger partial charge in [-0.3, -0.25) is 0 Å². The van der Waals surface area contributed by atoms with Crippen molar-refractivity contribution >= 4 is 34.5 Å². The molecule has 0 spiro atoms. The van der Waals surface area contributed by atoms with Crippen LogP contribution in [0, 0.1) is 5.82 Å². The van der Waals surface area contributed by atoms with Gasteiger partial charge in [0.2, 0.25) is 0 Å². The quantitative estimate of drug-likeness (QED) is 0.743. The SMILES string of the molecule is NC1(c2nc(-c3cc(F)c(Cl)cc3Cl)cs2)CCCCC1. The summed E-state index contributed by atoms with van der Waals surface area (Å²) in [5.74, 6) is -0.495. The van der Waals surface area contributed by atoms with E-state index in [2.05, 4.69) is 4.98 Å². The van der Waals surface area contributed by atoms with Crippen molar-refractivity contribution in [2.45, 2.75) is 37.6 Å². The van der Waals surface area contributed by atoms with Gasteiger partial charge in [0, 0.05) is 10.9 Å². The molecule has 0 radical (unpaired) electrons. The van der Waals surface area contributed by atoms with Gasteiger partial charge in [0.05, 0.1) is 21.3 Å². The number of nitrogens with two attached hydrogens (primary N) is 1. The normalized spacial score (nSPS) is 17.9. The molecule has 2 nitrogen and oxygen atoms in total. The maximum atomic E-state index is 13.6. The Hall–Kier alpha value is -0.680. The van der Waals surface area contributed by atoms with E-state index >= 15 is 0 Å². The van der Waals surface area contributed by atoms with Crippen LogP contribution in [0.1, 0.15) is 37.1 Å². The van der Waals surface area contributed by atoms with Crippen molar-refractivity contribution in [3.63, 3.8) is 0 Å². The van der Waals surface area contributed by atoms with Crippen LogP contribution in [0.25, 0.3) is 11.3 Å². The first kappa shape index (κ1) is 15.2. The molecule has 1 aliphatic rings. The molecule has 0 aliphatic heterocycles. The van der Waals surface area contributed by atoms with Gasteiger partial charge in [-0.2, -0.15) is 0 Å². The molecule has 0 bridgehead atoms. The van der Waals surface area contributed by atoms with Crippen molar-refractivity contribution in [2.24, 2.45) is 5.73 Å². The summed E-state index contributed by atoms with van der Waals surface area (Å²) in [6.45, 7) is 0.